The first-order valence-corrected chi connectivity index (χ1v) is 16.5. The summed E-state index contributed by atoms with van der Waals surface area (Å²) in [5.74, 6) is -0.0282. The smallest absolute Gasteiger partial charge is 0.266 e. The molecule has 0 saturated heterocycles. The monoisotopic (exact) mass is 614 g/mol. The molecule has 4 aromatic rings. The van der Waals surface area contributed by atoms with Gasteiger partial charge >= 0.3 is 0 Å². The highest BCUT2D eigenvalue weighted by atomic mass is 35.5. The molecule has 1 aliphatic rings. The number of nitrogens with zero attached hydrogens (tertiary/aromatic N) is 1. The Balaban J connectivity index is 1.55. The van der Waals surface area contributed by atoms with E-state index in [1.54, 1.807) is 37.4 Å². The minimum Gasteiger partial charge on any atom is -0.496 e. The average molecular weight is 615 g/mol. The van der Waals surface area contributed by atoms with Crippen LogP contribution in [0.25, 0.3) is 21.2 Å². The summed E-state index contributed by atoms with van der Waals surface area (Å²) in [4.78, 5) is 16.6. The number of halogens is 2. The number of fused-ring (bicyclic) bond motifs is 1. The molecule has 1 heterocycles. The highest BCUT2D eigenvalue weighted by molar-refractivity contribution is 7.90. The highest BCUT2D eigenvalue weighted by Gasteiger charge is 2.32. The Labute approximate surface area is 248 Å². The number of thiophene rings is 1. The lowest BCUT2D eigenvalue weighted by Gasteiger charge is -2.36. The van der Waals surface area contributed by atoms with Crippen molar-refractivity contribution in [2.24, 2.45) is 5.73 Å². The Morgan fingerprint density at radius 3 is 2.34 bits per heavy atom. The van der Waals surface area contributed by atoms with Crippen molar-refractivity contribution in [1.82, 2.24) is 4.90 Å². The maximum atomic E-state index is 14.7. The summed E-state index contributed by atoms with van der Waals surface area (Å²) in [6, 6.07) is 15.5. The average Bonchev–Trinajstić information content (AvgIpc) is 3.31. The lowest BCUT2D eigenvalue weighted by molar-refractivity contribution is 0.0610. The van der Waals surface area contributed by atoms with E-state index in [0.717, 1.165) is 59.3 Å². The molecule has 0 aliphatic heterocycles. The molecule has 1 aromatic heterocycles. The predicted octanol–water partition coefficient (Wildman–Crippen LogP) is 6.99. The zero-order valence-corrected chi connectivity index (χ0v) is 25.5. The second-order valence-electron chi connectivity index (χ2n) is 10.6. The Kier molecular flexibility index (Phi) is 8.43. The summed E-state index contributed by atoms with van der Waals surface area (Å²) >= 11 is 7.84. The number of methoxy groups -OCH3 is 1. The van der Waals surface area contributed by atoms with Crippen molar-refractivity contribution in [2.45, 2.75) is 56.1 Å². The number of aryl methyl sites for hydroxylation is 1. The molecule has 0 unspecified atom stereocenters. The Hall–Kier alpha value is -2.98. The zero-order valence-electron chi connectivity index (χ0n) is 23.1. The highest BCUT2D eigenvalue weighted by Crippen LogP contribution is 2.41. The van der Waals surface area contributed by atoms with Gasteiger partial charge in [-0.05, 0) is 79.6 Å². The van der Waals surface area contributed by atoms with Crippen LogP contribution in [0.3, 0.4) is 0 Å². The maximum Gasteiger partial charge on any atom is 0.266 e. The van der Waals surface area contributed by atoms with Gasteiger partial charge < -0.3 is 15.4 Å². The molecule has 5 rings (SSSR count). The van der Waals surface area contributed by atoms with Crippen LogP contribution in [-0.2, 0) is 16.4 Å². The van der Waals surface area contributed by atoms with Crippen molar-refractivity contribution in [1.29, 1.82) is 0 Å². The number of amides is 1. The van der Waals surface area contributed by atoms with Crippen LogP contribution in [0.1, 0.15) is 46.5 Å². The lowest BCUT2D eigenvalue weighted by atomic mass is 9.90. The van der Waals surface area contributed by atoms with Gasteiger partial charge in [-0.25, -0.2) is 12.8 Å². The van der Waals surface area contributed by atoms with E-state index in [4.69, 9.17) is 22.1 Å². The largest absolute Gasteiger partial charge is 0.496 e. The first kappa shape index (κ1) is 29.5. The fraction of sp³-hybridized carbons (Fsp3) is 0.323. The van der Waals surface area contributed by atoms with Crippen molar-refractivity contribution in [3.8, 4) is 16.9 Å². The number of sulfone groups is 1. The number of hydrogen-bond acceptors (Lipinski definition) is 6. The Morgan fingerprint density at radius 1 is 1.07 bits per heavy atom. The van der Waals surface area contributed by atoms with Crippen molar-refractivity contribution in [3.63, 3.8) is 0 Å². The third-order valence-electron chi connectivity index (χ3n) is 7.82. The van der Waals surface area contributed by atoms with E-state index in [-0.39, 0.29) is 34.5 Å². The standard InChI is InChI=1S/C31H32ClFN2O4S2/c1-18-4-14-25(33)29-27(18)28(32)30(40-29)31(36)35(23-10-8-22(34)9-11-23)17-21-16-20(7-15-26(21)39-2)19-5-12-24(13-6-19)41(3,37)38/h4-7,12-16,22-23H,8-11,17,34H2,1-3H3/t22-,23-. The quantitative estimate of drug-likeness (QED) is 0.242. The molecule has 0 radical (unpaired) electrons. The molecular formula is C31H32ClFN2O4S2. The predicted molar refractivity (Wildman–Crippen MR) is 163 cm³/mol. The number of rotatable bonds is 7. The second kappa shape index (κ2) is 11.7. The number of hydrogen-bond donors (Lipinski definition) is 1. The SMILES string of the molecule is COc1ccc(-c2ccc(S(C)(=O)=O)cc2)cc1CN(C(=O)c1sc2c(F)ccc(C)c2c1Cl)[C@H]1CC[C@H](N)CC1. The Morgan fingerprint density at radius 2 is 1.73 bits per heavy atom. The molecule has 2 N–H and O–H groups in total. The topological polar surface area (TPSA) is 89.7 Å². The number of carbonyl (C=O) groups excluding carboxylic acids is 1. The molecule has 0 bridgehead atoms. The summed E-state index contributed by atoms with van der Waals surface area (Å²) in [5.41, 5.74) is 9.49. The van der Waals surface area contributed by atoms with Gasteiger partial charge in [-0.3, -0.25) is 4.79 Å². The van der Waals surface area contributed by atoms with Crippen molar-refractivity contribution in [3.05, 3.63) is 81.4 Å². The lowest BCUT2D eigenvalue weighted by Crippen LogP contribution is -2.43. The van der Waals surface area contributed by atoms with E-state index in [2.05, 4.69) is 0 Å². The van der Waals surface area contributed by atoms with Crippen LogP contribution in [0.15, 0.2) is 59.5 Å². The first-order valence-electron chi connectivity index (χ1n) is 13.4. The van der Waals surface area contributed by atoms with E-state index in [9.17, 15) is 17.6 Å². The van der Waals surface area contributed by atoms with Crippen LogP contribution in [0.5, 0.6) is 5.75 Å². The number of benzene rings is 3. The van der Waals surface area contributed by atoms with Gasteiger partial charge in [0.25, 0.3) is 5.91 Å². The second-order valence-corrected chi connectivity index (χ2v) is 14.1. The summed E-state index contributed by atoms with van der Waals surface area (Å²) in [6.07, 6.45) is 4.27. The molecule has 41 heavy (non-hydrogen) atoms. The van der Waals surface area contributed by atoms with Crippen LogP contribution >= 0.6 is 22.9 Å². The fourth-order valence-corrected chi connectivity index (χ4v) is 7.75. The molecule has 0 spiro atoms. The van der Waals surface area contributed by atoms with Gasteiger partial charge in [-0.15, -0.1) is 11.3 Å². The van der Waals surface area contributed by atoms with Gasteiger partial charge in [0.15, 0.2) is 9.84 Å². The molecule has 216 valence electrons. The van der Waals surface area contributed by atoms with E-state index in [1.807, 2.05) is 30.0 Å². The fourth-order valence-electron chi connectivity index (χ4n) is 5.50. The summed E-state index contributed by atoms with van der Waals surface area (Å²) in [6.45, 7) is 2.11. The van der Waals surface area contributed by atoms with E-state index >= 15 is 0 Å². The van der Waals surface area contributed by atoms with Crippen LogP contribution in [-0.4, -0.2) is 44.7 Å². The van der Waals surface area contributed by atoms with E-state index in [0.29, 0.717) is 20.7 Å². The van der Waals surface area contributed by atoms with Crippen molar-refractivity contribution in [2.75, 3.05) is 13.4 Å². The van der Waals surface area contributed by atoms with Crippen LogP contribution in [0.2, 0.25) is 5.02 Å². The molecule has 1 fully saturated rings. The summed E-state index contributed by atoms with van der Waals surface area (Å²) in [5, 5.41) is 0.846. The van der Waals surface area contributed by atoms with Crippen LogP contribution in [0, 0.1) is 12.7 Å². The van der Waals surface area contributed by atoms with Gasteiger partial charge in [0.2, 0.25) is 0 Å². The maximum absolute atomic E-state index is 14.7. The van der Waals surface area contributed by atoms with Crippen molar-refractivity contribution >= 4 is 48.8 Å². The minimum absolute atomic E-state index is 0.0723. The van der Waals surface area contributed by atoms with Gasteiger partial charge in [0, 0.05) is 35.8 Å². The van der Waals surface area contributed by atoms with Crippen molar-refractivity contribution < 1.29 is 22.3 Å². The first-order chi connectivity index (χ1) is 19.5. The summed E-state index contributed by atoms with van der Waals surface area (Å²) in [7, 11) is -1.73. The minimum atomic E-state index is -3.31. The molecule has 1 saturated carbocycles. The van der Waals surface area contributed by atoms with Gasteiger partial charge in [-0.1, -0.05) is 35.9 Å². The molecule has 1 aliphatic carbocycles. The Bertz CT molecular complexity index is 1710. The third-order valence-corrected chi connectivity index (χ3v) is 10.6. The normalized spacial score (nSPS) is 17.5. The number of ether oxygens (including phenoxy) is 1. The molecular weight excluding hydrogens is 583 g/mol. The molecule has 6 nitrogen and oxygen atoms in total. The molecule has 0 atom stereocenters. The van der Waals surface area contributed by atoms with E-state index in [1.165, 1.54) is 12.3 Å². The molecule has 1 amide bonds. The van der Waals surface area contributed by atoms with Gasteiger partial charge in [0.05, 0.1) is 21.7 Å². The number of nitrogens with two attached hydrogens (primary N) is 1. The van der Waals surface area contributed by atoms with Gasteiger partial charge in [0.1, 0.15) is 16.4 Å². The van der Waals surface area contributed by atoms with Crippen LogP contribution < -0.4 is 10.5 Å². The van der Waals surface area contributed by atoms with Gasteiger partial charge in [-0.2, -0.15) is 0 Å². The van der Waals surface area contributed by atoms with Crippen LogP contribution in [0.4, 0.5) is 4.39 Å². The summed E-state index contributed by atoms with van der Waals surface area (Å²) < 4.78 is 44.6. The molecule has 10 heteroatoms. The molecule has 3 aromatic carbocycles. The third kappa shape index (κ3) is 6.00. The number of carbonyl (C=O) groups is 1. The van der Waals surface area contributed by atoms with E-state index < -0.39 is 15.7 Å². The zero-order chi connectivity index (χ0) is 29.5.